The highest BCUT2D eigenvalue weighted by Gasteiger charge is 2.10. The molecule has 0 bridgehead atoms. The van der Waals surface area contributed by atoms with Gasteiger partial charge in [-0.05, 0) is 59.7 Å². The van der Waals surface area contributed by atoms with E-state index in [1.807, 2.05) is 0 Å². The zero-order valence-electron chi connectivity index (χ0n) is 13.8. The maximum Gasteiger partial charge on any atom is 0.118 e. The lowest BCUT2D eigenvalue weighted by Gasteiger charge is -2.20. The summed E-state index contributed by atoms with van der Waals surface area (Å²) in [5, 5.41) is 3.35. The minimum Gasteiger partial charge on any atom is -0.465 e. The summed E-state index contributed by atoms with van der Waals surface area (Å²) in [6, 6.07) is 2.20. The molecule has 0 aliphatic heterocycles. The highest BCUT2D eigenvalue weighted by atomic mass is 16.3. The molecule has 1 heterocycles. The van der Waals surface area contributed by atoms with E-state index < -0.39 is 0 Å². The van der Waals surface area contributed by atoms with Crippen LogP contribution in [0.5, 0.6) is 0 Å². The lowest BCUT2D eigenvalue weighted by atomic mass is 10.2. The highest BCUT2D eigenvalue weighted by Crippen LogP contribution is 2.16. The van der Waals surface area contributed by atoms with E-state index in [9.17, 15) is 0 Å². The molecule has 1 rings (SSSR count). The summed E-state index contributed by atoms with van der Waals surface area (Å²) in [6.45, 7) is 12.5. The summed E-state index contributed by atoms with van der Waals surface area (Å²) in [5.41, 5.74) is 1.28. The summed E-state index contributed by atoms with van der Waals surface area (Å²) in [5.74, 6) is 2.13. The van der Waals surface area contributed by atoms with E-state index in [0.717, 1.165) is 50.8 Å². The summed E-state index contributed by atoms with van der Waals surface area (Å²) in [7, 11) is 4.25. The fourth-order valence-electron chi connectivity index (χ4n) is 2.28. The molecule has 116 valence electrons. The molecule has 0 amide bonds. The molecule has 0 aliphatic rings. The first kappa shape index (κ1) is 17.2. The molecular weight excluding hydrogens is 250 g/mol. The van der Waals surface area contributed by atoms with Crippen molar-refractivity contribution in [1.82, 2.24) is 15.1 Å². The molecule has 1 aromatic rings. The van der Waals surface area contributed by atoms with Crippen LogP contribution in [0.2, 0.25) is 0 Å². The quantitative estimate of drug-likeness (QED) is 0.714. The number of hydrogen-bond acceptors (Lipinski definition) is 4. The van der Waals surface area contributed by atoms with Gasteiger partial charge in [-0.1, -0.05) is 13.8 Å². The zero-order valence-corrected chi connectivity index (χ0v) is 13.8. The molecule has 0 aliphatic carbocycles. The van der Waals surface area contributed by atoms with Crippen LogP contribution < -0.4 is 5.32 Å². The standard InChI is InChI=1S/C16H31N3O/c1-6-17-12-15-11-16(20-14(15)3)13-19(7-2)10-8-9-18(4)5/h11,17H,6-10,12-13H2,1-5H3. The van der Waals surface area contributed by atoms with Crippen LogP contribution in [-0.2, 0) is 13.1 Å². The van der Waals surface area contributed by atoms with Gasteiger partial charge in [0.05, 0.1) is 6.54 Å². The molecule has 20 heavy (non-hydrogen) atoms. The molecule has 0 saturated heterocycles. The SMILES string of the molecule is CCNCc1cc(CN(CC)CCCN(C)C)oc1C. The first-order valence-corrected chi connectivity index (χ1v) is 7.72. The topological polar surface area (TPSA) is 31.6 Å². The van der Waals surface area contributed by atoms with Gasteiger partial charge >= 0.3 is 0 Å². The highest BCUT2D eigenvalue weighted by molar-refractivity contribution is 5.20. The summed E-state index contributed by atoms with van der Waals surface area (Å²) in [6.07, 6.45) is 1.20. The third-order valence-electron chi connectivity index (χ3n) is 3.54. The maximum atomic E-state index is 5.88. The maximum absolute atomic E-state index is 5.88. The number of hydrogen-bond donors (Lipinski definition) is 1. The second kappa shape index (κ2) is 9.16. The van der Waals surface area contributed by atoms with Gasteiger partial charge in [0, 0.05) is 12.1 Å². The Morgan fingerprint density at radius 2 is 1.95 bits per heavy atom. The molecule has 0 radical (unpaired) electrons. The Bertz CT molecular complexity index is 374. The van der Waals surface area contributed by atoms with Crippen LogP contribution in [0.25, 0.3) is 0 Å². The fourth-order valence-corrected chi connectivity index (χ4v) is 2.28. The second-order valence-corrected chi connectivity index (χ2v) is 5.60. The van der Waals surface area contributed by atoms with Crippen molar-refractivity contribution in [2.45, 2.75) is 40.3 Å². The smallest absolute Gasteiger partial charge is 0.118 e. The number of rotatable bonds is 10. The van der Waals surface area contributed by atoms with E-state index in [1.165, 1.54) is 12.0 Å². The first-order chi connectivity index (χ1) is 9.56. The lowest BCUT2D eigenvalue weighted by molar-refractivity contribution is 0.239. The van der Waals surface area contributed by atoms with Gasteiger partial charge in [0.2, 0.25) is 0 Å². The predicted octanol–water partition coefficient (Wildman–Crippen LogP) is 2.47. The Kier molecular flexibility index (Phi) is 7.88. The van der Waals surface area contributed by atoms with Crippen molar-refractivity contribution in [3.05, 3.63) is 23.2 Å². The Labute approximate surface area is 124 Å². The van der Waals surface area contributed by atoms with Crippen LogP contribution in [0.4, 0.5) is 0 Å². The predicted molar refractivity (Wildman–Crippen MR) is 84.9 cm³/mol. The van der Waals surface area contributed by atoms with E-state index in [1.54, 1.807) is 0 Å². The Hall–Kier alpha value is -0.840. The Balaban J connectivity index is 2.48. The van der Waals surface area contributed by atoms with Gasteiger partial charge in [-0.25, -0.2) is 0 Å². The van der Waals surface area contributed by atoms with Crippen molar-refractivity contribution < 1.29 is 4.42 Å². The molecule has 0 spiro atoms. The van der Waals surface area contributed by atoms with Crippen molar-refractivity contribution in [2.24, 2.45) is 0 Å². The third-order valence-corrected chi connectivity index (χ3v) is 3.54. The van der Waals surface area contributed by atoms with Gasteiger partial charge in [0.25, 0.3) is 0 Å². The van der Waals surface area contributed by atoms with Crippen LogP contribution >= 0.6 is 0 Å². The zero-order chi connectivity index (χ0) is 15.0. The number of nitrogens with one attached hydrogen (secondary N) is 1. The largest absolute Gasteiger partial charge is 0.465 e. The molecule has 1 aromatic heterocycles. The van der Waals surface area contributed by atoms with E-state index in [2.05, 4.69) is 56.0 Å². The molecule has 0 unspecified atom stereocenters. The van der Waals surface area contributed by atoms with Gasteiger partial charge in [-0.3, -0.25) is 4.90 Å². The Morgan fingerprint density at radius 1 is 1.20 bits per heavy atom. The monoisotopic (exact) mass is 281 g/mol. The first-order valence-electron chi connectivity index (χ1n) is 7.72. The second-order valence-electron chi connectivity index (χ2n) is 5.60. The molecule has 0 saturated carbocycles. The summed E-state index contributed by atoms with van der Waals surface area (Å²) >= 11 is 0. The van der Waals surface area contributed by atoms with E-state index in [0.29, 0.717) is 0 Å². The molecule has 0 fully saturated rings. The van der Waals surface area contributed by atoms with Crippen LogP contribution in [0.15, 0.2) is 10.5 Å². The molecule has 4 heteroatoms. The fraction of sp³-hybridized carbons (Fsp3) is 0.750. The average molecular weight is 281 g/mol. The summed E-state index contributed by atoms with van der Waals surface area (Å²) in [4.78, 5) is 4.68. The molecular formula is C16H31N3O. The van der Waals surface area contributed by atoms with Crippen molar-refractivity contribution in [2.75, 3.05) is 40.3 Å². The molecule has 1 N–H and O–H groups in total. The number of furan rings is 1. The minimum absolute atomic E-state index is 0.901. The van der Waals surface area contributed by atoms with Gasteiger partial charge in [-0.2, -0.15) is 0 Å². The molecule has 0 aromatic carbocycles. The number of nitrogens with zero attached hydrogens (tertiary/aromatic N) is 2. The van der Waals surface area contributed by atoms with Gasteiger partial charge in [0.15, 0.2) is 0 Å². The average Bonchev–Trinajstić information content (AvgIpc) is 2.75. The minimum atomic E-state index is 0.901. The Morgan fingerprint density at radius 3 is 2.55 bits per heavy atom. The van der Waals surface area contributed by atoms with Gasteiger partial charge in [-0.15, -0.1) is 0 Å². The molecule has 4 nitrogen and oxygen atoms in total. The van der Waals surface area contributed by atoms with Crippen LogP contribution in [0, 0.1) is 6.92 Å². The van der Waals surface area contributed by atoms with Crippen molar-refractivity contribution in [3.8, 4) is 0 Å². The van der Waals surface area contributed by atoms with E-state index in [-0.39, 0.29) is 0 Å². The molecule has 0 atom stereocenters. The van der Waals surface area contributed by atoms with Gasteiger partial charge in [0.1, 0.15) is 11.5 Å². The van der Waals surface area contributed by atoms with Crippen molar-refractivity contribution >= 4 is 0 Å². The van der Waals surface area contributed by atoms with Crippen LogP contribution in [0.1, 0.15) is 37.4 Å². The van der Waals surface area contributed by atoms with Gasteiger partial charge < -0.3 is 14.6 Å². The van der Waals surface area contributed by atoms with Crippen molar-refractivity contribution in [3.63, 3.8) is 0 Å². The normalized spacial score (nSPS) is 11.8. The van der Waals surface area contributed by atoms with E-state index in [4.69, 9.17) is 4.42 Å². The van der Waals surface area contributed by atoms with E-state index >= 15 is 0 Å². The lowest BCUT2D eigenvalue weighted by Crippen LogP contribution is -2.26. The van der Waals surface area contributed by atoms with Crippen LogP contribution in [-0.4, -0.2) is 50.1 Å². The van der Waals surface area contributed by atoms with Crippen LogP contribution in [0.3, 0.4) is 0 Å². The third kappa shape index (κ3) is 6.07. The summed E-state index contributed by atoms with van der Waals surface area (Å²) < 4.78 is 5.88. The number of aryl methyl sites for hydroxylation is 1. The van der Waals surface area contributed by atoms with Crippen molar-refractivity contribution in [1.29, 1.82) is 0 Å².